The smallest absolute Gasteiger partial charge is 0.308 e. The van der Waals surface area contributed by atoms with Crippen molar-refractivity contribution < 1.29 is 19.1 Å². The maximum atomic E-state index is 12.7. The Morgan fingerprint density at radius 2 is 1.50 bits per heavy atom. The summed E-state index contributed by atoms with van der Waals surface area (Å²) in [5.74, 6) is 0.123. The maximum absolute atomic E-state index is 12.7. The molecule has 3 rings (SSSR count). The first-order valence-corrected chi connectivity index (χ1v) is 10.2. The number of esters is 1. The Morgan fingerprint density at radius 3 is 2.07 bits per heavy atom. The predicted octanol–water partition coefficient (Wildman–Crippen LogP) is 2.30. The van der Waals surface area contributed by atoms with Crippen LogP contribution >= 0.6 is 0 Å². The molecule has 0 radical (unpaired) electrons. The van der Waals surface area contributed by atoms with Gasteiger partial charge in [-0.3, -0.25) is 19.3 Å². The van der Waals surface area contributed by atoms with Crippen LogP contribution in [-0.4, -0.2) is 67.3 Å². The zero-order valence-electron chi connectivity index (χ0n) is 16.9. The van der Waals surface area contributed by atoms with Crippen LogP contribution in [0.3, 0.4) is 0 Å². The quantitative estimate of drug-likeness (QED) is 0.574. The number of piperidine rings is 2. The highest BCUT2D eigenvalue weighted by molar-refractivity contribution is 5.98. The van der Waals surface area contributed by atoms with E-state index < -0.39 is 0 Å². The first-order chi connectivity index (χ1) is 13.5. The molecule has 0 aliphatic carbocycles. The lowest BCUT2D eigenvalue weighted by atomic mass is 9.88. The second kappa shape index (κ2) is 9.32. The van der Waals surface area contributed by atoms with Crippen molar-refractivity contribution in [1.82, 2.24) is 9.80 Å². The van der Waals surface area contributed by atoms with Gasteiger partial charge in [-0.1, -0.05) is 29.8 Å². The molecular formula is C22H30N2O4. The van der Waals surface area contributed by atoms with Gasteiger partial charge in [-0.2, -0.15) is 0 Å². The van der Waals surface area contributed by atoms with Crippen LogP contribution in [0.15, 0.2) is 24.3 Å². The summed E-state index contributed by atoms with van der Waals surface area (Å²) < 4.78 is 4.80. The number of carbonyl (C=O) groups excluding carboxylic acids is 3. The van der Waals surface area contributed by atoms with Gasteiger partial charge in [0.15, 0.2) is 5.78 Å². The van der Waals surface area contributed by atoms with Gasteiger partial charge in [0.25, 0.3) is 0 Å². The second-order valence-corrected chi connectivity index (χ2v) is 7.96. The van der Waals surface area contributed by atoms with Crippen molar-refractivity contribution in [3.05, 3.63) is 35.4 Å². The Labute approximate surface area is 166 Å². The summed E-state index contributed by atoms with van der Waals surface area (Å²) in [5.41, 5.74) is 1.94. The molecule has 152 valence electrons. The molecule has 2 saturated heterocycles. The van der Waals surface area contributed by atoms with Crippen LogP contribution in [0.25, 0.3) is 0 Å². The highest BCUT2D eigenvalue weighted by atomic mass is 16.5. The number of aryl methyl sites for hydroxylation is 1. The standard InChI is InChI=1S/C22H30N2O4/c1-16-3-5-17(6-4-16)21(26)18-7-11-23(12-8-18)15-20(25)24-13-9-19(10-14-24)22(27)28-2/h3-6,18-19H,7-15H2,1-2H3. The molecule has 2 aliphatic heterocycles. The van der Waals surface area contributed by atoms with Crippen molar-refractivity contribution in [2.45, 2.75) is 32.6 Å². The molecule has 1 amide bonds. The van der Waals surface area contributed by atoms with E-state index in [0.29, 0.717) is 32.5 Å². The van der Waals surface area contributed by atoms with Crippen molar-refractivity contribution in [2.75, 3.05) is 39.8 Å². The molecule has 2 heterocycles. The topological polar surface area (TPSA) is 66.9 Å². The van der Waals surface area contributed by atoms with Gasteiger partial charge in [-0.25, -0.2) is 0 Å². The minimum Gasteiger partial charge on any atom is -0.469 e. The maximum Gasteiger partial charge on any atom is 0.308 e. The number of hydrogen-bond acceptors (Lipinski definition) is 5. The molecule has 2 aliphatic rings. The number of rotatable bonds is 5. The van der Waals surface area contributed by atoms with Crippen LogP contribution in [0.5, 0.6) is 0 Å². The molecule has 0 atom stereocenters. The highest BCUT2D eigenvalue weighted by Gasteiger charge is 2.30. The fourth-order valence-corrected chi connectivity index (χ4v) is 4.13. The van der Waals surface area contributed by atoms with E-state index >= 15 is 0 Å². The zero-order valence-corrected chi connectivity index (χ0v) is 16.9. The number of amides is 1. The molecule has 1 aromatic rings. The normalized spacial score (nSPS) is 19.4. The molecule has 1 aromatic carbocycles. The Morgan fingerprint density at radius 1 is 0.929 bits per heavy atom. The highest BCUT2D eigenvalue weighted by Crippen LogP contribution is 2.23. The largest absolute Gasteiger partial charge is 0.469 e. The lowest BCUT2D eigenvalue weighted by Gasteiger charge is -2.35. The lowest BCUT2D eigenvalue weighted by Crippen LogP contribution is -2.47. The van der Waals surface area contributed by atoms with Gasteiger partial charge in [-0.05, 0) is 45.7 Å². The van der Waals surface area contributed by atoms with Gasteiger partial charge < -0.3 is 9.64 Å². The van der Waals surface area contributed by atoms with Crippen LogP contribution in [0, 0.1) is 18.8 Å². The van der Waals surface area contributed by atoms with E-state index in [4.69, 9.17) is 4.74 Å². The Balaban J connectivity index is 1.43. The number of Topliss-reactive ketones (excluding diaryl/α,β-unsaturated/α-hetero) is 1. The van der Waals surface area contributed by atoms with Crippen LogP contribution in [0.1, 0.15) is 41.6 Å². The molecule has 0 spiro atoms. The van der Waals surface area contributed by atoms with E-state index in [1.165, 1.54) is 7.11 Å². The summed E-state index contributed by atoms with van der Waals surface area (Å²) in [6.45, 7) is 5.18. The number of carbonyl (C=O) groups is 3. The van der Waals surface area contributed by atoms with Crippen LogP contribution in [-0.2, 0) is 14.3 Å². The summed E-state index contributed by atoms with van der Waals surface area (Å²) >= 11 is 0. The van der Waals surface area contributed by atoms with Crippen LogP contribution < -0.4 is 0 Å². The minimum atomic E-state index is -0.174. The zero-order chi connectivity index (χ0) is 20.1. The number of hydrogen-bond donors (Lipinski definition) is 0. The van der Waals surface area contributed by atoms with Crippen molar-refractivity contribution in [3.8, 4) is 0 Å². The van der Waals surface area contributed by atoms with Crippen molar-refractivity contribution in [1.29, 1.82) is 0 Å². The van der Waals surface area contributed by atoms with Gasteiger partial charge >= 0.3 is 5.97 Å². The molecule has 0 saturated carbocycles. The molecule has 6 nitrogen and oxygen atoms in total. The summed E-state index contributed by atoms with van der Waals surface area (Å²) in [5, 5.41) is 0. The molecule has 0 unspecified atom stereocenters. The van der Waals surface area contributed by atoms with Crippen LogP contribution in [0.4, 0.5) is 0 Å². The average molecular weight is 386 g/mol. The molecule has 28 heavy (non-hydrogen) atoms. The van der Waals surface area contributed by atoms with Crippen LogP contribution in [0.2, 0.25) is 0 Å². The van der Waals surface area contributed by atoms with Crippen molar-refractivity contribution in [2.24, 2.45) is 11.8 Å². The number of ketones is 1. The fraction of sp³-hybridized carbons (Fsp3) is 0.591. The summed E-state index contributed by atoms with van der Waals surface area (Å²) in [6.07, 6.45) is 2.94. The average Bonchev–Trinajstić information content (AvgIpc) is 2.74. The van der Waals surface area contributed by atoms with Gasteiger partial charge in [0, 0.05) is 24.6 Å². The summed E-state index contributed by atoms with van der Waals surface area (Å²) in [6, 6.07) is 7.77. The molecule has 0 aromatic heterocycles. The third kappa shape index (κ3) is 4.98. The fourth-order valence-electron chi connectivity index (χ4n) is 4.13. The first kappa shape index (κ1) is 20.5. The number of ether oxygens (including phenoxy) is 1. The number of benzene rings is 1. The van der Waals surface area contributed by atoms with Gasteiger partial charge in [0.1, 0.15) is 0 Å². The third-order valence-electron chi connectivity index (χ3n) is 6.04. The lowest BCUT2D eigenvalue weighted by molar-refractivity contribution is -0.149. The SMILES string of the molecule is COC(=O)C1CCN(C(=O)CN2CCC(C(=O)c3ccc(C)cc3)CC2)CC1. The number of methoxy groups -OCH3 is 1. The first-order valence-electron chi connectivity index (χ1n) is 10.2. The summed E-state index contributed by atoms with van der Waals surface area (Å²) in [4.78, 5) is 40.8. The van der Waals surface area contributed by atoms with E-state index in [1.54, 1.807) is 0 Å². The molecule has 6 heteroatoms. The Hall–Kier alpha value is -2.21. The van der Waals surface area contributed by atoms with E-state index in [9.17, 15) is 14.4 Å². The van der Waals surface area contributed by atoms with Gasteiger partial charge in [0.05, 0.1) is 19.6 Å². The number of nitrogens with zero attached hydrogens (tertiary/aromatic N) is 2. The predicted molar refractivity (Wildman–Crippen MR) is 106 cm³/mol. The Kier molecular flexibility index (Phi) is 6.83. The van der Waals surface area contributed by atoms with E-state index in [0.717, 1.165) is 37.1 Å². The molecule has 0 bridgehead atoms. The minimum absolute atomic E-state index is 0.0462. The van der Waals surface area contributed by atoms with Gasteiger partial charge in [0.2, 0.25) is 5.91 Å². The number of likely N-dealkylation sites (tertiary alicyclic amines) is 2. The van der Waals surface area contributed by atoms with Crippen molar-refractivity contribution >= 4 is 17.7 Å². The monoisotopic (exact) mass is 386 g/mol. The molecule has 0 N–H and O–H groups in total. The van der Waals surface area contributed by atoms with Crippen molar-refractivity contribution in [3.63, 3.8) is 0 Å². The Bertz CT molecular complexity index is 700. The van der Waals surface area contributed by atoms with E-state index in [1.807, 2.05) is 36.1 Å². The van der Waals surface area contributed by atoms with E-state index in [2.05, 4.69) is 4.90 Å². The van der Waals surface area contributed by atoms with Gasteiger partial charge in [-0.15, -0.1) is 0 Å². The molecular weight excluding hydrogens is 356 g/mol. The van der Waals surface area contributed by atoms with E-state index in [-0.39, 0.29) is 29.5 Å². The molecule has 2 fully saturated rings. The summed E-state index contributed by atoms with van der Waals surface area (Å²) in [7, 11) is 1.41. The third-order valence-corrected chi connectivity index (χ3v) is 6.04. The second-order valence-electron chi connectivity index (χ2n) is 7.96.